The van der Waals surface area contributed by atoms with Crippen LogP contribution in [0, 0.1) is 5.92 Å². The number of aromatic nitrogens is 1. The zero-order valence-corrected chi connectivity index (χ0v) is 20.0. The van der Waals surface area contributed by atoms with Gasteiger partial charge in [0.1, 0.15) is 23.1 Å². The molecule has 1 heterocycles. The van der Waals surface area contributed by atoms with Gasteiger partial charge in [-0.05, 0) is 54.4 Å². The Hall–Kier alpha value is -4.33. The van der Waals surface area contributed by atoms with Crippen LogP contribution in [0.2, 0.25) is 0 Å². The maximum atomic E-state index is 13.0. The second kappa shape index (κ2) is 10.3. The van der Waals surface area contributed by atoms with Gasteiger partial charge in [-0.15, -0.1) is 0 Å². The summed E-state index contributed by atoms with van der Waals surface area (Å²) in [6.07, 6.45) is 0. The van der Waals surface area contributed by atoms with E-state index in [0.29, 0.717) is 34.2 Å². The molecule has 35 heavy (non-hydrogen) atoms. The number of methoxy groups -OCH3 is 2. The van der Waals surface area contributed by atoms with E-state index in [1.807, 2.05) is 50.2 Å². The largest absolute Gasteiger partial charge is 0.497 e. The molecular formula is C27H27N3O5. The lowest BCUT2D eigenvalue weighted by molar-refractivity contribution is -0.118. The van der Waals surface area contributed by atoms with Gasteiger partial charge >= 0.3 is 0 Å². The van der Waals surface area contributed by atoms with E-state index in [9.17, 15) is 9.59 Å². The van der Waals surface area contributed by atoms with Crippen molar-refractivity contribution < 1.29 is 23.5 Å². The highest BCUT2D eigenvalue weighted by Crippen LogP contribution is 2.26. The fourth-order valence-electron chi connectivity index (χ4n) is 3.61. The molecule has 1 aromatic heterocycles. The van der Waals surface area contributed by atoms with Crippen LogP contribution >= 0.6 is 0 Å². The molecule has 2 amide bonds. The lowest BCUT2D eigenvalue weighted by Gasteiger charge is -2.22. The number of nitrogens with one attached hydrogen (secondary N) is 2. The van der Waals surface area contributed by atoms with E-state index in [2.05, 4.69) is 15.6 Å². The van der Waals surface area contributed by atoms with Crippen molar-refractivity contribution in [1.29, 1.82) is 0 Å². The number of carbonyl (C=O) groups is 2. The fraction of sp³-hybridized carbons (Fsp3) is 0.222. The number of carbonyl (C=O) groups excluding carboxylic acids is 2. The maximum Gasteiger partial charge on any atom is 0.252 e. The number of oxazole rings is 1. The third-order valence-electron chi connectivity index (χ3n) is 5.54. The molecule has 0 aliphatic carbocycles. The van der Waals surface area contributed by atoms with Gasteiger partial charge in [-0.25, -0.2) is 4.98 Å². The smallest absolute Gasteiger partial charge is 0.252 e. The molecule has 4 aromatic rings. The fourth-order valence-corrected chi connectivity index (χ4v) is 3.61. The van der Waals surface area contributed by atoms with Gasteiger partial charge in [0, 0.05) is 22.9 Å². The molecule has 1 atom stereocenters. The number of anilines is 1. The summed E-state index contributed by atoms with van der Waals surface area (Å²) in [5.41, 5.74) is 3.22. The lowest BCUT2D eigenvalue weighted by atomic mass is 10.0. The Balaban J connectivity index is 1.46. The Labute approximate surface area is 203 Å². The number of nitrogens with zero attached hydrogens (tertiary/aromatic N) is 1. The van der Waals surface area contributed by atoms with Crippen molar-refractivity contribution in [2.45, 2.75) is 19.9 Å². The summed E-state index contributed by atoms with van der Waals surface area (Å²) in [5.74, 6) is 0.605. The molecule has 0 bridgehead atoms. The Morgan fingerprint density at radius 1 is 0.914 bits per heavy atom. The number of ether oxygens (including phenoxy) is 2. The molecule has 0 fully saturated rings. The van der Waals surface area contributed by atoms with Gasteiger partial charge in [0.2, 0.25) is 11.8 Å². The van der Waals surface area contributed by atoms with Crippen LogP contribution in [0.1, 0.15) is 24.2 Å². The Morgan fingerprint density at radius 2 is 1.57 bits per heavy atom. The Bertz CT molecular complexity index is 1290. The molecule has 0 aliphatic heterocycles. The summed E-state index contributed by atoms with van der Waals surface area (Å²) in [6.45, 7) is 3.74. The molecule has 8 heteroatoms. The molecule has 3 aromatic carbocycles. The number of amides is 2. The van der Waals surface area contributed by atoms with Gasteiger partial charge < -0.3 is 24.5 Å². The molecule has 2 N–H and O–H groups in total. The standard InChI is InChI=1S/C27H27N3O5/c1-16(2)24(30-25(31)18-13-20(33-3)15-21(14-18)34-4)26(32)28-19-11-9-17(10-12-19)27-29-22-7-5-6-8-23(22)35-27/h5-16,24H,1-4H3,(H,28,32)(H,30,31). The highest BCUT2D eigenvalue weighted by molar-refractivity contribution is 6.01. The predicted octanol–water partition coefficient (Wildman–Crippen LogP) is 4.91. The van der Waals surface area contributed by atoms with Crippen LogP contribution in [0.5, 0.6) is 11.5 Å². The molecule has 0 spiro atoms. The minimum absolute atomic E-state index is 0.148. The summed E-state index contributed by atoms with van der Waals surface area (Å²) in [4.78, 5) is 30.4. The molecule has 1 unspecified atom stereocenters. The monoisotopic (exact) mass is 473 g/mol. The summed E-state index contributed by atoms with van der Waals surface area (Å²) in [5, 5.41) is 5.70. The SMILES string of the molecule is COc1cc(OC)cc(C(=O)NC(C(=O)Nc2ccc(-c3nc4ccccc4o3)cc2)C(C)C)c1. The van der Waals surface area contributed by atoms with Gasteiger partial charge in [-0.3, -0.25) is 9.59 Å². The third kappa shape index (κ3) is 5.43. The van der Waals surface area contributed by atoms with Gasteiger partial charge in [0.15, 0.2) is 5.58 Å². The average molecular weight is 474 g/mol. The molecule has 180 valence electrons. The number of fused-ring (bicyclic) bond motifs is 1. The van der Waals surface area contributed by atoms with E-state index in [4.69, 9.17) is 13.9 Å². The minimum Gasteiger partial charge on any atom is -0.497 e. The summed E-state index contributed by atoms with van der Waals surface area (Å²) in [6, 6.07) is 18.9. The van der Waals surface area contributed by atoms with Gasteiger partial charge in [0.25, 0.3) is 5.91 Å². The number of rotatable bonds is 8. The van der Waals surface area contributed by atoms with Crippen molar-refractivity contribution in [3.8, 4) is 23.0 Å². The lowest BCUT2D eigenvalue weighted by Crippen LogP contribution is -2.47. The molecular weight excluding hydrogens is 446 g/mol. The second-order valence-corrected chi connectivity index (χ2v) is 8.35. The van der Waals surface area contributed by atoms with Crippen LogP contribution in [0.25, 0.3) is 22.6 Å². The second-order valence-electron chi connectivity index (χ2n) is 8.35. The number of hydrogen-bond donors (Lipinski definition) is 2. The first-order valence-corrected chi connectivity index (χ1v) is 11.2. The normalized spacial score (nSPS) is 11.8. The Kier molecular flexibility index (Phi) is 7.01. The first kappa shape index (κ1) is 23.8. The first-order chi connectivity index (χ1) is 16.9. The van der Waals surface area contributed by atoms with Gasteiger partial charge in [0.05, 0.1) is 14.2 Å². The first-order valence-electron chi connectivity index (χ1n) is 11.2. The average Bonchev–Trinajstić information content (AvgIpc) is 3.31. The third-order valence-corrected chi connectivity index (χ3v) is 5.54. The van der Waals surface area contributed by atoms with Crippen LogP contribution in [0.3, 0.4) is 0 Å². The molecule has 4 rings (SSSR count). The van der Waals surface area contributed by atoms with E-state index in [1.54, 1.807) is 30.3 Å². The van der Waals surface area contributed by atoms with Crippen molar-refractivity contribution in [3.63, 3.8) is 0 Å². The molecule has 0 saturated carbocycles. The van der Waals surface area contributed by atoms with Crippen LogP contribution in [0.15, 0.2) is 71.1 Å². The van der Waals surface area contributed by atoms with Crippen molar-refractivity contribution in [2.24, 2.45) is 5.92 Å². The quantitative estimate of drug-likeness (QED) is 0.377. The molecule has 0 aliphatic rings. The summed E-state index contributed by atoms with van der Waals surface area (Å²) < 4.78 is 16.3. The van der Waals surface area contributed by atoms with Gasteiger partial charge in [-0.2, -0.15) is 0 Å². The van der Waals surface area contributed by atoms with Crippen molar-refractivity contribution in [1.82, 2.24) is 10.3 Å². The minimum atomic E-state index is -0.753. The predicted molar refractivity (Wildman–Crippen MR) is 134 cm³/mol. The van der Waals surface area contributed by atoms with E-state index >= 15 is 0 Å². The zero-order valence-electron chi connectivity index (χ0n) is 20.0. The van der Waals surface area contributed by atoms with Crippen molar-refractivity contribution >= 4 is 28.6 Å². The zero-order chi connectivity index (χ0) is 24.9. The van der Waals surface area contributed by atoms with Crippen molar-refractivity contribution in [2.75, 3.05) is 19.5 Å². The van der Waals surface area contributed by atoms with E-state index in [1.165, 1.54) is 14.2 Å². The topological polar surface area (TPSA) is 103 Å². The van der Waals surface area contributed by atoms with Gasteiger partial charge in [-0.1, -0.05) is 26.0 Å². The highest BCUT2D eigenvalue weighted by Gasteiger charge is 2.25. The summed E-state index contributed by atoms with van der Waals surface area (Å²) >= 11 is 0. The number of para-hydroxylation sites is 2. The summed E-state index contributed by atoms with van der Waals surface area (Å²) in [7, 11) is 3.02. The van der Waals surface area contributed by atoms with Crippen LogP contribution in [0.4, 0.5) is 5.69 Å². The van der Waals surface area contributed by atoms with Crippen LogP contribution < -0.4 is 20.1 Å². The molecule has 0 saturated heterocycles. The van der Waals surface area contributed by atoms with E-state index in [0.717, 1.165) is 11.1 Å². The Morgan fingerprint density at radius 3 is 2.17 bits per heavy atom. The number of benzene rings is 3. The van der Waals surface area contributed by atoms with E-state index in [-0.39, 0.29) is 11.8 Å². The van der Waals surface area contributed by atoms with Crippen molar-refractivity contribution in [3.05, 3.63) is 72.3 Å². The van der Waals surface area contributed by atoms with Crippen LogP contribution in [-0.2, 0) is 4.79 Å². The molecule has 8 nitrogen and oxygen atoms in total. The molecule has 0 radical (unpaired) electrons. The highest BCUT2D eigenvalue weighted by atomic mass is 16.5. The van der Waals surface area contributed by atoms with Crippen LogP contribution in [-0.4, -0.2) is 37.1 Å². The van der Waals surface area contributed by atoms with E-state index < -0.39 is 11.9 Å². The number of hydrogen-bond acceptors (Lipinski definition) is 6. The maximum absolute atomic E-state index is 13.0.